The minimum absolute atomic E-state index is 0.108. The number of fused-ring (bicyclic) bond motifs is 18. The van der Waals surface area contributed by atoms with E-state index in [0.29, 0.717) is 67.9 Å². The van der Waals surface area contributed by atoms with E-state index in [2.05, 4.69) is 287 Å². The van der Waals surface area contributed by atoms with E-state index in [0.717, 1.165) is 181 Å². The lowest BCUT2D eigenvalue weighted by Crippen LogP contribution is -2.11. The molecular weight excluding hydrogens is 1770 g/mol. The summed E-state index contributed by atoms with van der Waals surface area (Å²) in [6.45, 7) is 55.7. The summed E-state index contributed by atoms with van der Waals surface area (Å²) in [4.78, 5) is 12.7. The van der Waals surface area contributed by atoms with Gasteiger partial charge in [0.05, 0.1) is 137 Å². The Balaban J connectivity index is 0.000000122. The zero-order valence-electron chi connectivity index (χ0n) is 80.9. The van der Waals surface area contributed by atoms with Gasteiger partial charge in [-0.1, -0.05) is 234 Å². The molecule has 0 bridgehead atoms. The summed E-state index contributed by atoms with van der Waals surface area (Å²) < 4.78 is 107. The molecule has 142 heavy (non-hydrogen) atoms. The van der Waals surface area contributed by atoms with Crippen LogP contribution in [0.2, 0.25) is 0 Å². The highest BCUT2D eigenvalue weighted by Gasteiger charge is 2.34. The molecule has 0 aliphatic heterocycles. The predicted octanol–water partition coefficient (Wildman–Crippen LogP) is 36.2. The molecule has 0 N–H and O–H groups in total. The lowest BCUT2D eigenvalue weighted by Gasteiger charge is -2.22. The number of benzene rings is 18. The van der Waals surface area contributed by atoms with Crippen molar-refractivity contribution in [2.45, 2.75) is 108 Å². The molecule has 0 aliphatic rings. The van der Waals surface area contributed by atoms with E-state index in [1.165, 1.54) is 60.2 Å². The summed E-state index contributed by atoms with van der Waals surface area (Å²) in [5, 5.41) is 12.5. The molecule has 0 unspecified atom stereocenters. The number of nitrogens with zero attached hydrogens (tertiary/aromatic N) is 9. The summed E-state index contributed by atoms with van der Waals surface area (Å²) in [5.74, 6) is -4.08. The standard InChI is InChI=1S/C45H37F2N3.2C41H29F2N3/c1-44(2,3)27-19-21-31-29-13-8-10-17-36(29)49(39(31)25-27)38-24-23-33(41-34(46)15-12-16-35(41)47)43(42(38)48-7)50-37-18-11-9-14-30(37)32-22-20-28(26-40(32)50)45(4,5)6;1-23-9-14-34-28(19-23)29-20-24(2)10-15-35(29)45(34)38-18-13-27(39-32(42)7-6-8-33(39)43)41(40(38)44-5)46-36-16-11-25(3)21-30(36)31-22-26(4)12-17-37(31)46;1-23-9-13-27-28-14-10-24(2)20-36(28)45(35(27)19-23)34-18-17-31(39-32(42)7-6-8-33(39)43)41(40(34)44-5)46-37-21-25(3)11-15-29(37)30-16-12-26(4)22-38(30)46/h8-26H,1-6H3;2*6-22H,1-4H3. The van der Waals surface area contributed by atoms with Crippen molar-refractivity contribution in [1.29, 1.82) is 0 Å². The van der Waals surface area contributed by atoms with E-state index in [9.17, 15) is 0 Å². The molecule has 18 aromatic carbocycles. The highest BCUT2D eigenvalue weighted by atomic mass is 19.2. The van der Waals surface area contributed by atoms with Gasteiger partial charge in [0.1, 0.15) is 34.9 Å². The number of hydrogen-bond acceptors (Lipinski definition) is 0. The van der Waals surface area contributed by atoms with Crippen molar-refractivity contribution in [2.75, 3.05) is 0 Å². The SMILES string of the molecule is [C-]#[N+]c1c(-n2c3cc(C)ccc3c3ccc(C)cc32)ccc(-c2c(F)cccc2F)c1-n1c2cc(C)ccc2c2ccc(C)cc21.[C-]#[N+]c1c(-n2c3ccc(C)cc3c3cc(C)ccc32)ccc(-c2c(F)cccc2F)c1-n1c2ccc(C)cc2c2cc(C)ccc21.[C-]#[N+]c1c(-n2c3ccccc3c3ccc(C(C)(C)C)cc32)ccc(-c2c(F)cccc2F)c1-n1c2ccccc2c2ccc(C(C)(C)C)cc21. The second kappa shape index (κ2) is 34.2. The van der Waals surface area contributed by atoms with Crippen molar-refractivity contribution < 1.29 is 26.3 Å². The van der Waals surface area contributed by atoms with Crippen LogP contribution < -0.4 is 0 Å². The van der Waals surface area contributed by atoms with Gasteiger partial charge < -0.3 is 27.4 Å². The third-order valence-electron chi connectivity index (χ3n) is 28.2. The van der Waals surface area contributed by atoms with Crippen LogP contribution in [0.25, 0.3) is 213 Å². The maximum Gasteiger partial charge on any atom is 0.234 e. The Labute approximate surface area is 818 Å². The first-order valence-corrected chi connectivity index (χ1v) is 47.5. The molecule has 0 amide bonds. The number of para-hydroxylation sites is 2. The van der Waals surface area contributed by atoms with Gasteiger partial charge in [-0.05, 0) is 251 Å². The van der Waals surface area contributed by atoms with Gasteiger partial charge in [0.15, 0.2) is 0 Å². The second-order valence-corrected chi connectivity index (χ2v) is 39.8. The Morgan fingerprint density at radius 2 is 0.408 bits per heavy atom. The van der Waals surface area contributed by atoms with Crippen molar-refractivity contribution in [3.63, 3.8) is 0 Å². The molecule has 0 atom stereocenters. The monoisotopic (exact) mass is 1860 g/mol. The fraction of sp³-hybridized carbons (Fsp3) is 0.126. The molecule has 9 nitrogen and oxygen atoms in total. The van der Waals surface area contributed by atoms with Crippen LogP contribution in [0, 0.1) is 110 Å². The van der Waals surface area contributed by atoms with Gasteiger partial charge in [-0.2, -0.15) is 0 Å². The quantitative estimate of drug-likeness (QED) is 0.102. The molecule has 6 heterocycles. The number of aromatic nitrogens is 6. The van der Waals surface area contributed by atoms with Gasteiger partial charge >= 0.3 is 0 Å². The molecule has 690 valence electrons. The van der Waals surface area contributed by atoms with E-state index in [-0.39, 0.29) is 27.5 Å². The number of hydrogen-bond donors (Lipinski definition) is 0. The summed E-state index contributed by atoms with van der Waals surface area (Å²) >= 11 is 0. The van der Waals surface area contributed by atoms with Gasteiger partial charge in [0.2, 0.25) is 17.1 Å². The largest absolute Gasteiger partial charge is 0.319 e. The van der Waals surface area contributed by atoms with Crippen LogP contribution >= 0.6 is 0 Å². The van der Waals surface area contributed by atoms with E-state index >= 15 is 26.3 Å². The zero-order valence-corrected chi connectivity index (χ0v) is 80.9. The van der Waals surface area contributed by atoms with E-state index in [4.69, 9.17) is 19.7 Å². The van der Waals surface area contributed by atoms with E-state index in [1.54, 1.807) is 18.2 Å². The number of rotatable bonds is 9. The van der Waals surface area contributed by atoms with Crippen LogP contribution in [0.1, 0.15) is 97.2 Å². The molecular formula is C127H95F6N9. The van der Waals surface area contributed by atoms with Crippen LogP contribution in [-0.4, -0.2) is 27.4 Å². The molecule has 0 spiro atoms. The van der Waals surface area contributed by atoms with Crippen molar-refractivity contribution >= 4 is 148 Å². The molecule has 0 saturated carbocycles. The zero-order chi connectivity index (χ0) is 98.8. The lowest BCUT2D eigenvalue weighted by molar-refractivity contribution is 0.588. The third-order valence-corrected chi connectivity index (χ3v) is 28.2. The van der Waals surface area contributed by atoms with Crippen LogP contribution in [0.5, 0.6) is 0 Å². The first kappa shape index (κ1) is 90.0. The molecule has 0 saturated heterocycles. The summed E-state index contributed by atoms with van der Waals surface area (Å²) in [5.41, 5.74) is 26.4. The van der Waals surface area contributed by atoms with Crippen LogP contribution in [-0.2, 0) is 10.8 Å². The number of halogens is 6. The maximum absolute atomic E-state index is 15.9. The van der Waals surface area contributed by atoms with Crippen molar-refractivity contribution in [2.24, 2.45) is 0 Å². The predicted molar refractivity (Wildman–Crippen MR) is 575 cm³/mol. The van der Waals surface area contributed by atoms with Crippen LogP contribution in [0.4, 0.5) is 43.4 Å². The molecule has 0 aliphatic carbocycles. The molecule has 6 aromatic heterocycles. The van der Waals surface area contributed by atoms with E-state index < -0.39 is 34.9 Å². The fourth-order valence-electron chi connectivity index (χ4n) is 21.5. The van der Waals surface area contributed by atoms with Gasteiger partial charge in [0.25, 0.3) is 0 Å². The number of aryl methyl sites for hydroxylation is 8. The molecule has 15 heteroatoms. The molecule has 24 rings (SSSR count). The third kappa shape index (κ3) is 14.6. The minimum Gasteiger partial charge on any atom is -0.319 e. The van der Waals surface area contributed by atoms with Crippen LogP contribution in [0.3, 0.4) is 0 Å². The van der Waals surface area contributed by atoms with Crippen molar-refractivity contribution in [3.8, 4) is 67.5 Å². The highest BCUT2D eigenvalue weighted by Crippen LogP contribution is 2.53. The van der Waals surface area contributed by atoms with Crippen LogP contribution in [0.15, 0.2) is 322 Å². The summed E-state index contributed by atoms with van der Waals surface area (Å²) in [6, 6.07) is 102. The molecule has 0 radical (unpaired) electrons. The maximum atomic E-state index is 15.9. The summed E-state index contributed by atoms with van der Waals surface area (Å²) in [7, 11) is 0. The Kier molecular flexibility index (Phi) is 21.6. The van der Waals surface area contributed by atoms with Gasteiger partial charge in [-0.3, -0.25) is 0 Å². The second-order valence-electron chi connectivity index (χ2n) is 39.8. The highest BCUT2D eigenvalue weighted by molar-refractivity contribution is 6.18. The van der Waals surface area contributed by atoms with Crippen molar-refractivity contribution in [1.82, 2.24) is 27.4 Å². The minimum atomic E-state index is -0.683. The Morgan fingerprint density at radius 1 is 0.197 bits per heavy atom. The Morgan fingerprint density at radius 3 is 0.711 bits per heavy atom. The molecule has 0 fully saturated rings. The first-order valence-electron chi connectivity index (χ1n) is 47.5. The van der Waals surface area contributed by atoms with Crippen molar-refractivity contribution in [3.05, 3.63) is 446 Å². The topological polar surface area (TPSA) is 42.7 Å². The summed E-state index contributed by atoms with van der Waals surface area (Å²) in [6.07, 6.45) is 0. The average molecular weight is 1860 g/mol. The lowest BCUT2D eigenvalue weighted by atomic mass is 9.86. The normalized spacial score (nSPS) is 11.9. The first-order chi connectivity index (χ1) is 68.4. The Bertz CT molecular complexity index is 9390. The smallest absolute Gasteiger partial charge is 0.234 e. The van der Waals surface area contributed by atoms with Gasteiger partial charge in [-0.15, -0.1) is 0 Å². The van der Waals surface area contributed by atoms with Gasteiger partial charge in [0, 0.05) is 81.3 Å². The van der Waals surface area contributed by atoms with E-state index in [1.807, 2.05) is 100 Å². The fourth-order valence-corrected chi connectivity index (χ4v) is 21.5. The average Bonchev–Trinajstić information content (AvgIpc) is 1.55. The molecule has 24 aromatic rings. The Hall–Kier alpha value is -17.2. The van der Waals surface area contributed by atoms with Gasteiger partial charge in [-0.25, -0.2) is 40.9 Å².